The number of hydrogen-bond acceptors (Lipinski definition) is 1. The minimum absolute atomic E-state index is 1.13. The first-order chi connectivity index (χ1) is 5.88. The second-order valence-corrected chi connectivity index (χ2v) is 2.65. The normalized spacial score (nSPS) is 10.1. The molecule has 2 aromatic rings. The molecule has 0 aliphatic carbocycles. The van der Waals surface area contributed by atoms with Gasteiger partial charge in [0.1, 0.15) is 0 Å². The quantitative estimate of drug-likeness (QED) is 0.619. The van der Waals surface area contributed by atoms with Gasteiger partial charge in [0.2, 0.25) is 0 Å². The minimum Gasteiger partial charge on any atom is -0.306 e. The summed E-state index contributed by atoms with van der Waals surface area (Å²) < 4.78 is 1.98. The van der Waals surface area contributed by atoms with Gasteiger partial charge in [0.05, 0.1) is 6.33 Å². The van der Waals surface area contributed by atoms with Gasteiger partial charge in [-0.1, -0.05) is 12.1 Å². The monoisotopic (exact) mass is 157 g/mol. The lowest BCUT2D eigenvalue weighted by Gasteiger charge is -2.03. The average Bonchev–Trinajstić information content (AvgIpc) is 2.57. The summed E-state index contributed by atoms with van der Waals surface area (Å²) in [6.07, 6.45) is 5.48. The van der Waals surface area contributed by atoms with E-state index < -0.39 is 0 Å². The zero-order valence-electron chi connectivity index (χ0n) is 6.86. The molecule has 2 heteroatoms. The van der Waals surface area contributed by atoms with Crippen molar-refractivity contribution in [2.75, 3.05) is 0 Å². The standard InChI is InChI=1S/C10H9N2/c1-9-4-2-3-5-10(9)12-7-6-11-8-12/h2-3,5-8H,1H3. The van der Waals surface area contributed by atoms with Gasteiger partial charge in [0, 0.05) is 18.1 Å². The van der Waals surface area contributed by atoms with Crippen molar-refractivity contribution in [3.63, 3.8) is 0 Å². The molecule has 0 bridgehead atoms. The van der Waals surface area contributed by atoms with Gasteiger partial charge >= 0.3 is 0 Å². The van der Waals surface area contributed by atoms with Crippen molar-refractivity contribution in [2.45, 2.75) is 6.92 Å². The fraction of sp³-hybridized carbons (Fsp3) is 0.100. The molecule has 0 amide bonds. The molecule has 1 aromatic carbocycles. The summed E-state index contributed by atoms with van der Waals surface area (Å²) in [6.45, 7) is 2.04. The van der Waals surface area contributed by atoms with Crippen LogP contribution in [0.2, 0.25) is 0 Å². The van der Waals surface area contributed by atoms with Gasteiger partial charge in [0.15, 0.2) is 0 Å². The fourth-order valence-electron chi connectivity index (χ4n) is 1.19. The molecule has 2 nitrogen and oxygen atoms in total. The number of imidazole rings is 1. The zero-order chi connectivity index (χ0) is 8.39. The second kappa shape index (κ2) is 2.81. The Balaban J connectivity index is 2.55. The Labute approximate surface area is 71.5 Å². The summed E-state index contributed by atoms with van der Waals surface area (Å²) in [4.78, 5) is 3.99. The van der Waals surface area contributed by atoms with Crippen LogP contribution in [0.1, 0.15) is 5.56 Å². The van der Waals surface area contributed by atoms with Gasteiger partial charge < -0.3 is 4.57 Å². The first-order valence-electron chi connectivity index (χ1n) is 3.83. The van der Waals surface area contributed by atoms with Crippen LogP contribution in [-0.2, 0) is 0 Å². The van der Waals surface area contributed by atoms with Crippen LogP contribution in [0.4, 0.5) is 0 Å². The molecule has 1 heterocycles. The lowest BCUT2D eigenvalue weighted by Crippen LogP contribution is -1.92. The van der Waals surface area contributed by atoms with E-state index in [-0.39, 0.29) is 0 Å². The second-order valence-electron chi connectivity index (χ2n) is 2.65. The van der Waals surface area contributed by atoms with Crippen LogP contribution in [0, 0.1) is 13.0 Å². The molecule has 12 heavy (non-hydrogen) atoms. The molecule has 0 aliphatic heterocycles. The van der Waals surface area contributed by atoms with Gasteiger partial charge in [0.25, 0.3) is 0 Å². The lowest BCUT2D eigenvalue weighted by atomic mass is 10.2. The van der Waals surface area contributed by atoms with E-state index in [0.29, 0.717) is 0 Å². The van der Waals surface area contributed by atoms with E-state index in [1.807, 2.05) is 35.9 Å². The Hall–Kier alpha value is -1.57. The number of rotatable bonds is 1. The zero-order valence-corrected chi connectivity index (χ0v) is 6.86. The van der Waals surface area contributed by atoms with Crippen molar-refractivity contribution in [3.05, 3.63) is 48.5 Å². The molecule has 0 saturated heterocycles. The largest absolute Gasteiger partial charge is 0.306 e. The van der Waals surface area contributed by atoms with Crippen LogP contribution >= 0.6 is 0 Å². The van der Waals surface area contributed by atoms with Crippen molar-refractivity contribution in [3.8, 4) is 5.69 Å². The topological polar surface area (TPSA) is 17.8 Å². The molecule has 59 valence electrons. The molecule has 0 atom stereocenters. The predicted molar refractivity (Wildman–Crippen MR) is 47.1 cm³/mol. The number of aryl methyl sites for hydroxylation is 1. The number of hydrogen-bond donors (Lipinski definition) is 0. The maximum atomic E-state index is 3.99. The molecule has 0 fully saturated rings. The van der Waals surface area contributed by atoms with E-state index in [1.54, 1.807) is 12.5 Å². The Morgan fingerprint density at radius 2 is 2.42 bits per heavy atom. The Morgan fingerprint density at radius 1 is 1.50 bits per heavy atom. The van der Waals surface area contributed by atoms with Crippen LogP contribution in [0.3, 0.4) is 0 Å². The molecule has 0 spiro atoms. The Bertz CT molecular complexity index is 363. The highest BCUT2D eigenvalue weighted by molar-refractivity contribution is 5.38. The Morgan fingerprint density at radius 3 is 3.08 bits per heavy atom. The molecular weight excluding hydrogens is 148 g/mol. The van der Waals surface area contributed by atoms with E-state index in [9.17, 15) is 0 Å². The maximum Gasteiger partial charge on any atom is 0.0991 e. The van der Waals surface area contributed by atoms with E-state index in [0.717, 1.165) is 11.3 Å². The fourth-order valence-corrected chi connectivity index (χ4v) is 1.19. The summed E-state index contributed by atoms with van der Waals surface area (Å²) in [6, 6.07) is 9.08. The van der Waals surface area contributed by atoms with Gasteiger partial charge in [-0.2, -0.15) is 0 Å². The van der Waals surface area contributed by atoms with Gasteiger partial charge in [-0.3, -0.25) is 0 Å². The third-order valence-corrected chi connectivity index (χ3v) is 1.82. The first kappa shape index (κ1) is 7.10. The van der Waals surface area contributed by atoms with Crippen molar-refractivity contribution in [1.29, 1.82) is 0 Å². The summed E-state index contributed by atoms with van der Waals surface area (Å²) in [5, 5.41) is 0. The first-order valence-corrected chi connectivity index (χ1v) is 3.83. The van der Waals surface area contributed by atoms with Crippen LogP contribution in [0.15, 0.2) is 36.9 Å². The van der Waals surface area contributed by atoms with E-state index in [1.165, 1.54) is 0 Å². The molecular formula is C10H9N2. The van der Waals surface area contributed by atoms with Crippen LogP contribution in [0.25, 0.3) is 5.69 Å². The van der Waals surface area contributed by atoms with Gasteiger partial charge in [-0.25, -0.2) is 4.98 Å². The van der Waals surface area contributed by atoms with E-state index in [4.69, 9.17) is 0 Å². The van der Waals surface area contributed by atoms with Gasteiger partial charge in [-0.15, -0.1) is 0 Å². The number of aromatic nitrogens is 2. The molecule has 1 radical (unpaired) electrons. The number of benzene rings is 1. The third-order valence-electron chi connectivity index (χ3n) is 1.82. The average molecular weight is 157 g/mol. The van der Waals surface area contributed by atoms with E-state index >= 15 is 0 Å². The minimum atomic E-state index is 1.13. The number of nitrogens with zero attached hydrogens (tertiary/aromatic N) is 2. The third kappa shape index (κ3) is 1.11. The van der Waals surface area contributed by atoms with Crippen molar-refractivity contribution < 1.29 is 0 Å². The smallest absolute Gasteiger partial charge is 0.0991 e. The van der Waals surface area contributed by atoms with Crippen molar-refractivity contribution in [2.24, 2.45) is 0 Å². The molecule has 2 rings (SSSR count). The van der Waals surface area contributed by atoms with E-state index in [2.05, 4.69) is 11.1 Å². The lowest BCUT2D eigenvalue weighted by molar-refractivity contribution is 1.04. The highest BCUT2D eigenvalue weighted by Gasteiger charge is 1.96. The molecule has 0 saturated carbocycles. The summed E-state index contributed by atoms with van der Waals surface area (Å²) >= 11 is 0. The van der Waals surface area contributed by atoms with Gasteiger partial charge in [-0.05, 0) is 24.6 Å². The van der Waals surface area contributed by atoms with Crippen molar-refractivity contribution >= 4 is 0 Å². The summed E-state index contributed by atoms with van der Waals surface area (Å²) in [5.41, 5.74) is 2.27. The Kier molecular flexibility index (Phi) is 1.67. The van der Waals surface area contributed by atoms with Crippen LogP contribution < -0.4 is 0 Å². The van der Waals surface area contributed by atoms with Crippen LogP contribution in [0.5, 0.6) is 0 Å². The van der Waals surface area contributed by atoms with Crippen LogP contribution in [-0.4, -0.2) is 9.55 Å². The molecule has 0 aliphatic rings. The molecule has 0 unspecified atom stereocenters. The summed E-state index contributed by atoms with van der Waals surface area (Å²) in [5.74, 6) is 0. The maximum absolute atomic E-state index is 3.99. The molecule has 0 N–H and O–H groups in total. The molecule has 1 aromatic heterocycles. The SMILES string of the molecule is Cc1[c]cccc1-n1ccnc1. The summed E-state index contributed by atoms with van der Waals surface area (Å²) in [7, 11) is 0. The highest BCUT2D eigenvalue weighted by atomic mass is 15.0. The van der Waals surface area contributed by atoms with Crippen molar-refractivity contribution in [1.82, 2.24) is 9.55 Å². The highest BCUT2D eigenvalue weighted by Crippen LogP contribution is 2.11. The predicted octanol–water partition coefficient (Wildman–Crippen LogP) is 1.98.